The Morgan fingerprint density at radius 3 is 2.82 bits per heavy atom. The molecule has 0 saturated carbocycles. The van der Waals surface area contributed by atoms with Crippen molar-refractivity contribution in [3.8, 4) is 0 Å². The quantitative estimate of drug-likeness (QED) is 0.0995. The Bertz CT molecular complexity index is 1160. The molecule has 2 atom stereocenters. The van der Waals surface area contributed by atoms with Gasteiger partial charge in [0.25, 0.3) is 11.8 Å². The van der Waals surface area contributed by atoms with Crippen molar-refractivity contribution in [3.05, 3.63) is 46.5 Å². The van der Waals surface area contributed by atoms with E-state index in [2.05, 4.69) is 24.8 Å². The monoisotopic (exact) mass is 529 g/mol. The summed E-state index contributed by atoms with van der Waals surface area (Å²) in [6, 6.07) is 4.56. The number of nitrogens with one attached hydrogen (secondary N) is 1. The number of carboxylic acid groups (broad SMARTS) is 1. The Balaban J connectivity index is 0.00000324. The largest absolute Gasteiger partial charge is 1.00 e. The van der Waals surface area contributed by atoms with Crippen LogP contribution in [0, 0.1) is 0 Å². The number of carboxylic acids is 1. The molecule has 16 heteroatoms. The van der Waals surface area contributed by atoms with Gasteiger partial charge in [0, 0.05) is 39.8 Å². The van der Waals surface area contributed by atoms with Crippen LogP contribution in [0.15, 0.2) is 40.2 Å². The average Bonchev–Trinajstić information content (AvgIpc) is 3.23. The third-order valence-corrected chi connectivity index (χ3v) is 7.84. The van der Waals surface area contributed by atoms with Crippen LogP contribution in [0.3, 0.4) is 0 Å². The fourth-order valence-electron chi connectivity index (χ4n) is 3.25. The zero-order valence-corrected chi connectivity index (χ0v) is 22.2. The first-order valence-electron chi connectivity index (χ1n) is 9.45. The van der Waals surface area contributed by atoms with Gasteiger partial charge in [-0.25, -0.2) is 0 Å². The predicted octanol–water partition coefficient (Wildman–Crippen LogP) is -3.97. The predicted molar refractivity (Wildman–Crippen MR) is 120 cm³/mol. The maximum atomic E-state index is 12.7. The fourth-order valence-corrected chi connectivity index (χ4v) is 6.29. The summed E-state index contributed by atoms with van der Waals surface area (Å²) in [5, 5.41) is 25.8. The van der Waals surface area contributed by atoms with Gasteiger partial charge in [0.2, 0.25) is 11.5 Å². The van der Waals surface area contributed by atoms with Crippen LogP contribution >= 0.6 is 35.1 Å². The number of carbonyl (C=O) groups excluding carboxylic acids is 3. The van der Waals surface area contributed by atoms with Crippen molar-refractivity contribution >= 4 is 63.7 Å². The number of nitrogen functional groups attached to an aromatic ring is 1. The second kappa shape index (κ2) is 11.5. The summed E-state index contributed by atoms with van der Waals surface area (Å²) in [5.41, 5.74) is 5.67. The molecule has 0 spiro atoms. The van der Waals surface area contributed by atoms with Gasteiger partial charge >= 0.3 is 29.6 Å². The second-order valence-corrected chi connectivity index (χ2v) is 9.82. The van der Waals surface area contributed by atoms with Crippen LogP contribution < -0.4 is 45.7 Å². The summed E-state index contributed by atoms with van der Waals surface area (Å²) in [6.07, 6.45) is 2.32. The molecule has 0 bridgehead atoms. The van der Waals surface area contributed by atoms with Crippen molar-refractivity contribution in [1.29, 1.82) is 0 Å². The molecule has 4 heterocycles. The smallest absolute Gasteiger partial charge is 0.543 e. The van der Waals surface area contributed by atoms with Gasteiger partial charge < -0.3 is 26.2 Å². The van der Waals surface area contributed by atoms with Gasteiger partial charge in [0.05, 0.1) is 11.7 Å². The summed E-state index contributed by atoms with van der Waals surface area (Å²) in [7, 11) is 0. The number of aliphatic carboxylic acids is 1. The summed E-state index contributed by atoms with van der Waals surface area (Å²) in [6.45, 7) is 0. The number of hydrogen-bond donors (Lipinski definition) is 3. The van der Waals surface area contributed by atoms with Crippen LogP contribution in [-0.4, -0.2) is 70.9 Å². The Morgan fingerprint density at radius 2 is 2.21 bits per heavy atom. The van der Waals surface area contributed by atoms with Crippen LogP contribution in [0.2, 0.25) is 0 Å². The first kappa shape index (κ1) is 26.4. The van der Waals surface area contributed by atoms with E-state index in [4.69, 9.17) is 5.73 Å². The van der Waals surface area contributed by atoms with Gasteiger partial charge in [-0.2, -0.15) is 9.36 Å². The first-order chi connectivity index (χ1) is 15.9. The zero-order chi connectivity index (χ0) is 23.5. The molecule has 2 aromatic heterocycles. The van der Waals surface area contributed by atoms with Crippen molar-refractivity contribution in [3.63, 3.8) is 0 Å². The number of amides is 2. The van der Waals surface area contributed by atoms with E-state index in [1.807, 2.05) is 18.2 Å². The van der Waals surface area contributed by atoms with Gasteiger partial charge in [-0.15, -0.1) is 23.5 Å². The first-order valence-corrected chi connectivity index (χ1v) is 12.3. The van der Waals surface area contributed by atoms with Crippen molar-refractivity contribution < 1.29 is 54.3 Å². The topological polar surface area (TPSA) is 187 Å². The number of oxime groups is 1. The minimum absolute atomic E-state index is 0. The molecule has 2 aromatic rings. The number of aryl methyl sites for hydroxylation is 1. The molecule has 34 heavy (non-hydrogen) atoms. The number of nitrogens with two attached hydrogens (primary N) is 1. The number of hydrogen-bond acceptors (Lipinski definition) is 13. The van der Waals surface area contributed by atoms with E-state index in [9.17, 15) is 24.7 Å². The van der Waals surface area contributed by atoms with E-state index < -0.39 is 34.9 Å². The Kier molecular flexibility index (Phi) is 8.95. The van der Waals surface area contributed by atoms with E-state index in [0.717, 1.165) is 22.1 Å². The molecule has 172 valence electrons. The molecule has 0 unspecified atom stereocenters. The maximum Gasteiger partial charge on any atom is 1.00 e. The summed E-state index contributed by atoms with van der Waals surface area (Å²) in [5.74, 6) is -2.22. The average molecular weight is 530 g/mol. The number of anilines is 1. The van der Waals surface area contributed by atoms with Crippen LogP contribution in [0.1, 0.15) is 11.5 Å². The minimum Gasteiger partial charge on any atom is -0.543 e. The van der Waals surface area contributed by atoms with Crippen molar-refractivity contribution in [2.24, 2.45) is 5.16 Å². The summed E-state index contributed by atoms with van der Waals surface area (Å²) < 4.78 is 3.81. The Hall–Kier alpha value is -2.17. The maximum absolute atomic E-state index is 12.7. The van der Waals surface area contributed by atoms with Crippen LogP contribution in [0.25, 0.3) is 0 Å². The minimum atomic E-state index is -1.46. The van der Waals surface area contributed by atoms with Crippen LogP contribution in [0.4, 0.5) is 5.13 Å². The summed E-state index contributed by atoms with van der Waals surface area (Å²) in [4.78, 5) is 46.7. The molecule has 4 rings (SSSR count). The van der Waals surface area contributed by atoms with E-state index in [1.165, 1.54) is 23.5 Å². The van der Waals surface area contributed by atoms with E-state index in [-0.39, 0.29) is 46.2 Å². The number of pyridine rings is 1. The Morgan fingerprint density at radius 1 is 1.41 bits per heavy atom. The molecule has 1 fully saturated rings. The van der Waals surface area contributed by atoms with Crippen LogP contribution in [0.5, 0.6) is 0 Å². The normalized spacial score (nSPS) is 19.7. The molecule has 0 radical (unpaired) electrons. The van der Waals surface area contributed by atoms with Gasteiger partial charge in [0.1, 0.15) is 11.4 Å². The molecule has 2 aliphatic heterocycles. The third-order valence-electron chi connectivity index (χ3n) is 4.74. The third kappa shape index (κ3) is 5.39. The van der Waals surface area contributed by atoms with E-state index >= 15 is 0 Å². The Labute approximate surface area is 227 Å². The second-order valence-electron chi connectivity index (χ2n) is 6.74. The molecule has 1 saturated heterocycles. The number of carbonyl (C=O) groups is 3. The number of aromatic nitrogens is 3. The standard InChI is InChI=1S/C18H17N7O5S3.Na/c19-18-22-13(24-33-18)10(23-30)14(26)21-11-15(27)25-12(17(28)29)9(7-32-16(11)25)31-6-4-8-3-1-2-5-20-8;/h1-3,5,11,16,30H,4,6-7H2,(H,21,26)(H,28,29)(H2,19,22,24);/q;+1/p-1/b23-10-;/t11-,16-;/m1./s1. The van der Waals surface area contributed by atoms with Crippen LogP contribution in [-0.2, 0) is 20.8 Å². The molecule has 2 amide bonds. The molecular weight excluding hydrogens is 513 g/mol. The number of β-lactam (4-membered cyclic amide) rings is 1. The van der Waals surface area contributed by atoms with Gasteiger partial charge in [-0.3, -0.25) is 19.5 Å². The van der Waals surface area contributed by atoms with Gasteiger partial charge in [0.15, 0.2) is 5.13 Å². The number of nitrogens with zero attached hydrogens (tertiary/aromatic N) is 5. The number of rotatable bonds is 8. The van der Waals surface area contributed by atoms with E-state index in [1.54, 1.807) is 6.20 Å². The molecule has 4 N–H and O–H groups in total. The SMILES string of the molecule is Nc1nc(/C(=N/O)C(=O)N[C@@H]2C(=O)N3C(C(=O)[O-])=C(SCCc4ccccn4)CS[C@H]23)ns1.[Na+]. The van der Waals surface area contributed by atoms with Crippen molar-refractivity contribution in [2.75, 3.05) is 17.2 Å². The number of fused-ring (bicyclic) bond motifs is 1. The molecule has 0 aliphatic carbocycles. The fraction of sp³-hybridized carbons (Fsp3) is 0.278. The molecule has 2 aliphatic rings. The van der Waals surface area contributed by atoms with Crippen molar-refractivity contribution in [1.82, 2.24) is 24.6 Å². The van der Waals surface area contributed by atoms with E-state index in [0.29, 0.717) is 22.8 Å². The van der Waals surface area contributed by atoms with Crippen molar-refractivity contribution in [2.45, 2.75) is 17.8 Å². The van der Waals surface area contributed by atoms with Gasteiger partial charge in [-0.1, -0.05) is 11.2 Å². The summed E-state index contributed by atoms with van der Waals surface area (Å²) >= 11 is 3.46. The number of thioether (sulfide) groups is 2. The molecule has 0 aromatic carbocycles. The zero-order valence-electron chi connectivity index (χ0n) is 17.7. The molecule has 12 nitrogen and oxygen atoms in total. The molecular formula is C18H16N7NaO5S3. The van der Waals surface area contributed by atoms with Gasteiger partial charge in [-0.05, 0) is 18.6 Å².